The Hall–Kier alpha value is -1.78. The number of aryl methyl sites for hydroxylation is 1. The summed E-state index contributed by atoms with van der Waals surface area (Å²) in [5.74, 6) is -0.631. The van der Waals surface area contributed by atoms with Crippen LogP contribution >= 0.6 is 0 Å². The van der Waals surface area contributed by atoms with Crippen LogP contribution in [0.1, 0.15) is 46.0 Å². The standard InChI is InChI=1S/C13H19NO4/c1-7(2)6-18-13(16)11-8(3)10(9(4)14-11)12(15)17-5/h7,14H,6H2,1-5H3. The molecule has 5 nitrogen and oxygen atoms in total. The lowest BCUT2D eigenvalue weighted by Gasteiger charge is -2.06. The highest BCUT2D eigenvalue weighted by atomic mass is 16.5. The summed E-state index contributed by atoms with van der Waals surface area (Å²) < 4.78 is 9.81. The summed E-state index contributed by atoms with van der Waals surface area (Å²) in [7, 11) is 1.31. The van der Waals surface area contributed by atoms with Crippen molar-refractivity contribution in [1.29, 1.82) is 0 Å². The highest BCUT2D eigenvalue weighted by Gasteiger charge is 2.23. The Morgan fingerprint density at radius 1 is 1.22 bits per heavy atom. The minimum atomic E-state index is -0.454. The zero-order chi connectivity index (χ0) is 13.9. The number of rotatable bonds is 4. The minimum absolute atomic E-state index is 0.269. The fourth-order valence-electron chi connectivity index (χ4n) is 1.68. The Bertz CT molecular complexity index is 460. The van der Waals surface area contributed by atoms with E-state index in [1.165, 1.54) is 7.11 Å². The number of ether oxygens (including phenoxy) is 2. The molecule has 0 saturated heterocycles. The smallest absolute Gasteiger partial charge is 0.355 e. The molecule has 0 saturated carbocycles. The SMILES string of the molecule is COC(=O)c1c(C)[nH]c(C(=O)OCC(C)C)c1C. The summed E-state index contributed by atoms with van der Waals surface area (Å²) >= 11 is 0. The van der Waals surface area contributed by atoms with E-state index in [1.807, 2.05) is 13.8 Å². The van der Waals surface area contributed by atoms with Gasteiger partial charge in [-0.15, -0.1) is 0 Å². The first-order chi connectivity index (χ1) is 8.38. The monoisotopic (exact) mass is 253 g/mol. The molecule has 1 N–H and O–H groups in total. The minimum Gasteiger partial charge on any atom is -0.465 e. The first-order valence-corrected chi connectivity index (χ1v) is 5.83. The Balaban J connectivity index is 2.98. The number of H-pyrrole nitrogens is 1. The van der Waals surface area contributed by atoms with Gasteiger partial charge in [0.25, 0.3) is 0 Å². The second-order valence-electron chi connectivity index (χ2n) is 4.61. The van der Waals surface area contributed by atoms with E-state index in [2.05, 4.69) is 9.72 Å². The maximum atomic E-state index is 11.8. The van der Waals surface area contributed by atoms with Gasteiger partial charge in [-0.1, -0.05) is 13.8 Å². The molecular formula is C13H19NO4. The van der Waals surface area contributed by atoms with Gasteiger partial charge in [-0.2, -0.15) is 0 Å². The van der Waals surface area contributed by atoms with Gasteiger partial charge >= 0.3 is 11.9 Å². The van der Waals surface area contributed by atoms with E-state index in [1.54, 1.807) is 13.8 Å². The number of esters is 2. The van der Waals surface area contributed by atoms with Crippen LogP contribution in [0.4, 0.5) is 0 Å². The van der Waals surface area contributed by atoms with Crippen molar-refractivity contribution in [1.82, 2.24) is 4.98 Å². The van der Waals surface area contributed by atoms with Crippen LogP contribution in [-0.4, -0.2) is 30.6 Å². The van der Waals surface area contributed by atoms with E-state index >= 15 is 0 Å². The van der Waals surface area contributed by atoms with Gasteiger partial charge in [0, 0.05) is 5.69 Å². The largest absolute Gasteiger partial charge is 0.465 e. The van der Waals surface area contributed by atoms with Gasteiger partial charge in [0.05, 0.1) is 19.3 Å². The number of methoxy groups -OCH3 is 1. The third kappa shape index (κ3) is 2.91. The lowest BCUT2D eigenvalue weighted by atomic mass is 10.1. The summed E-state index contributed by atoms with van der Waals surface area (Å²) in [4.78, 5) is 26.3. The van der Waals surface area contributed by atoms with Gasteiger partial charge in [-0.3, -0.25) is 0 Å². The summed E-state index contributed by atoms with van der Waals surface area (Å²) in [6.45, 7) is 7.68. The highest BCUT2D eigenvalue weighted by molar-refractivity contribution is 5.98. The van der Waals surface area contributed by atoms with Crippen molar-refractivity contribution >= 4 is 11.9 Å². The van der Waals surface area contributed by atoms with Gasteiger partial charge < -0.3 is 14.5 Å². The molecular weight excluding hydrogens is 234 g/mol. The normalized spacial score (nSPS) is 10.6. The summed E-state index contributed by atoms with van der Waals surface area (Å²) in [6.07, 6.45) is 0. The molecule has 100 valence electrons. The van der Waals surface area contributed by atoms with Crippen molar-refractivity contribution in [2.75, 3.05) is 13.7 Å². The molecule has 5 heteroatoms. The van der Waals surface area contributed by atoms with Crippen LogP contribution in [0.25, 0.3) is 0 Å². The van der Waals surface area contributed by atoms with Crippen molar-refractivity contribution in [3.63, 3.8) is 0 Å². The number of aromatic nitrogens is 1. The van der Waals surface area contributed by atoms with Gasteiger partial charge in [0.15, 0.2) is 0 Å². The fraction of sp³-hybridized carbons (Fsp3) is 0.538. The number of nitrogens with one attached hydrogen (secondary N) is 1. The number of hydrogen-bond acceptors (Lipinski definition) is 4. The first kappa shape index (κ1) is 14.3. The van der Waals surface area contributed by atoms with Crippen molar-refractivity contribution in [2.45, 2.75) is 27.7 Å². The maximum absolute atomic E-state index is 11.8. The van der Waals surface area contributed by atoms with Crippen LogP contribution in [0.3, 0.4) is 0 Å². The lowest BCUT2D eigenvalue weighted by molar-refractivity contribution is 0.0452. The average Bonchev–Trinajstić information content (AvgIpc) is 2.61. The van der Waals surface area contributed by atoms with Gasteiger partial charge in [0.1, 0.15) is 5.69 Å². The van der Waals surface area contributed by atoms with E-state index in [0.717, 1.165) is 0 Å². The second-order valence-corrected chi connectivity index (χ2v) is 4.61. The van der Waals surface area contributed by atoms with Crippen LogP contribution < -0.4 is 0 Å². The van der Waals surface area contributed by atoms with Crippen molar-refractivity contribution in [2.24, 2.45) is 5.92 Å². The van der Waals surface area contributed by atoms with E-state index in [0.29, 0.717) is 29.1 Å². The molecule has 0 spiro atoms. The van der Waals surface area contributed by atoms with E-state index in [4.69, 9.17) is 4.74 Å². The van der Waals surface area contributed by atoms with Gasteiger partial charge in [-0.05, 0) is 25.3 Å². The van der Waals surface area contributed by atoms with Crippen LogP contribution in [-0.2, 0) is 9.47 Å². The number of hydrogen-bond donors (Lipinski definition) is 1. The zero-order valence-corrected chi connectivity index (χ0v) is 11.4. The topological polar surface area (TPSA) is 68.4 Å². The molecule has 1 heterocycles. The third-order valence-electron chi connectivity index (χ3n) is 2.58. The van der Waals surface area contributed by atoms with Gasteiger partial charge in [0.2, 0.25) is 0 Å². The van der Waals surface area contributed by atoms with Crippen molar-refractivity contribution in [3.8, 4) is 0 Å². The molecule has 0 unspecified atom stereocenters. The zero-order valence-electron chi connectivity index (χ0n) is 11.4. The average molecular weight is 253 g/mol. The Morgan fingerprint density at radius 2 is 1.83 bits per heavy atom. The molecule has 0 atom stereocenters. The number of carbonyl (C=O) groups excluding carboxylic acids is 2. The molecule has 0 radical (unpaired) electrons. The molecule has 1 aromatic heterocycles. The fourth-order valence-corrected chi connectivity index (χ4v) is 1.68. The van der Waals surface area contributed by atoms with Crippen molar-refractivity contribution < 1.29 is 19.1 Å². The quantitative estimate of drug-likeness (QED) is 0.835. The summed E-state index contributed by atoms with van der Waals surface area (Å²) in [5.41, 5.74) is 1.88. The molecule has 1 rings (SSSR count). The molecule has 0 aliphatic rings. The predicted molar refractivity (Wildman–Crippen MR) is 66.7 cm³/mol. The third-order valence-corrected chi connectivity index (χ3v) is 2.58. The Kier molecular flexibility index (Phi) is 4.53. The van der Waals surface area contributed by atoms with Gasteiger partial charge in [-0.25, -0.2) is 9.59 Å². The summed E-state index contributed by atoms with van der Waals surface area (Å²) in [5, 5.41) is 0. The Morgan fingerprint density at radius 3 is 2.33 bits per heavy atom. The van der Waals surface area contributed by atoms with Crippen LogP contribution in [0, 0.1) is 19.8 Å². The van der Waals surface area contributed by atoms with E-state index in [9.17, 15) is 9.59 Å². The number of aromatic amines is 1. The molecule has 0 bridgehead atoms. The second kappa shape index (κ2) is 5.71. The summed E-state index contributed by atoms with van der Waals surface area (Å²) in [6, 6.07) is 0. The highest BCUT2D eigenvalue weighted by Crippen LogP contribution is 2.19. The predicted octanol–water partition coefficient (Wildman–Crippen LogP) is 2.23. The van der Waals surface area contributed by atoms with Crippen LogP contribution in [0.15, 0.2) is 0 Å². The molecule has 0 amide bonds. The molecule has 0 fully saturated rings. The molecule has 0 aliphatic heterocycles. The Labute approximate surface area is 106 Å². The van der Waals surface area contributed by atoms with Crippen LogP contribution in [0.5, 0.6) is 0 Å². The van der Waals surface area contributed by atoms with Crippen molar-refractivity contribution in [3.05, 3.63) is 22.5 Å². The van der Waals surface area contributed by atoms with E-state index < -0.39 is 11.9 Å². The molecule has 0 aromatic carbocycles. The molecule has 0 aliphatic carbocycles. The molecule has 18 heavy (non-hydrogen) atoms. The first-order valence-electron chi connectivity index (χ1n) is 5.83. The number of carbonyl (C=O) groups is 2. The lowest BCUT2D eigenvalue weighted by Crippen LogP contribution is -2.12. The molecule has 1 aromatic rings. The maximum Gasteiger partial charge on any atom is 0.355 e. The van der Waals surface area contributed by atoms with Crippen LogP contribution in [0.2, 0.25) is 0 Å². The van der Waals surface area contributed by atoms with E-state index in [-0.39, 0.29) is 5.92 Å².